The Labute approximate surface area is 96.1 Å². The molecular weight excluding hydrogens is 200 g/mol. The highest BCUT2D eigenvalue weighted by Crippen LogP contribution is 2.12. The smallest absolute Gasteiger partial charge is 0.252 e. The standard InChI is InChI=1S/C13H16N2O/c1-9-5-6-11(10(2)7-9)12(16)15-13(3,4)8-14/h5-7H,1-4H3,(H,15,16). The van der Waals surface area contributed by atoms with Gasteiger partial charge in [0, 0.05) is 5.56 Å². The summed E-state index contributed by atoms with van der Waals surface area (Å²) in [4.78, 5) is 11.9. The lowest BCUT2D eigenvalue weighted by Gasteiger charge is -2.18. The van der Waals surface area contributed by atoms with Crippen LogP contribution < -0.4 is 5.32 Å². The van der Waals surface area contributed by atoms with Crippen molar-refractivity contribution in [3.63, 3.8) is 0 Å². The molecule has 0 aromatic heterocycles. The summed E-state index contributed by atoms with van der Waals surface area (Å²) in [6, 6.07) is 7.67. The van der Waals surface area contributed by atoms with Crippen molar-refractivity contribution in [2.75, 3.05) is 0 Å². The third-order valence-electron chi connectivity index (χ3n) is 2.33. The number of aryl methyl sites for hydroxylation is 2. The van der Waals surface area contributed by atoms with E-state index in [1.165, 1.54) is 0 Å². The average molecular weight is 216 g/mol. The van der Waals surface area contributed by atoms with E-state index in [4.69, 9.17) is 5.26 Å². The summed E-state index contributed by atoms with van der Waals surface area (Å²) in [6.45, 7) is 7.22. The molecule has 0 fully saturated rings. The van der Waals surface area contributed by atoms with Crippen molar-refractivity contribution >= 4 is 5.91 Å². The van der Waals surface area contributed by atoms with Gasteiger partial charge in [0.1, 0.15) is 5.54 Å². The maximum absolute atomic E-state index is 11.9. The van der Waals surface area contributed by atoms with Crippen molar-refractivity contribution < 1.29 is 4.79 Å². The molecule has 0 heterocycles. The molecular formula is C13H16N2O. The van der Waals surface area contributed by atoms with Crippen LogP contribution in [0.15, 0.2) is 18.2 Å². The number of carbonyl (C=O) groups is 1. The highest BCUT2D eigenvalue weighted by molar-refractivity contribution is 5.96. The Morgan fingerprint density at radius 3 is 2.50 bits per heavy atom. The molecule has 84 valence electrons. The number of hydrogen-bond acceptors (Lipinski definition) is 2. The van der Waals surface area contributed by atoms with Crippen molar-refractivity contribution in [3.8, 4) is 6.07 Å². The third kappa shape index (κ3) is 2.83. The van der Waals surface area contributed by atoms with Gasteiger partial charge < -0.3 is 5.32 Å². The molecule has 16 heavy (non-hydrogen) atoms. The van der Waals surface area contributed by atoms with Crippen molar-refractivity contribution in [2.45, 2.75) is 33.2 Å². The second-order valence-electron chi connectivity index (χ2n) is 4.51. The summed E-state index contributed by atoms with van der Waals surface area (Å²) in [5.74, 6) is -0.205. The van der Waals surface area contributed by atoms with E-state index in [9.17, 15) is 4.79 Å². The van der Waals surface area contributed by atoms with E-state index >= 15 is 0 Å². The Hall–Kier alpha value is -1.82. The Bertz CT molecular complexity index is 455. The van der Waals surface area contributed by atoms with Gasteiger partial charge in [-0.15, -0.1) is 0 Å². The molecule has 0 radical (unpaired) electrons. The van der Waals surface area contributed by atoms with E-state index in [-0.39, 0.29) is 5.91 Å². The molecule has 1 N–H and O–H groups in total. The number of amides is 1. The van der Waals surface area contributed by atoms with Crippen LogP contribution in [0.4, 0.5) is 0 Å². The van der Waals surface area contributed by atoms with E-state index in [0.717, 1.165) is 11.1 Å². The number of nitrogens with zero attached hydrogens (tertiary/aromatic N) is 1. The van der Waals surface area contributed by atoms with E-state index in [1.54, 1.807) is 19.9 Å². The Morgan fingerprint density at radius 1 is 1.38 bits per heavy atom. The molecule has 3 heteroatoms. The van der Waals surface area contributed by atoms with E-state index in [1.807, 2.05) is 32.0 Å². The van der Waals surface area contributed by atoms with Gasteiger partial charge in [0.05, 0.1) is 6.07 Å². The molecule has 0 aliphatic carbocycles. The lowest BCUT2D eigenvalue weighted by Crippen LogP contribution is -2.42. The molecule has 0 aliphatic heterocycles. The summed E-state index contributed by atoms with van der Waals surface area (Å²) in [5, 5.41) is 11.5. The monoisotopic (exact) mass is 216 g/mol. The number of benzene rings is 1. The molecule has 3 nitrogen and oxygen atoms in total. The first-order valence-corrected chi connectivity index (χ1v) is 5.17. The Kier molecular flexibility index (Phi) is 3.34. The van der Waals surface area contributed by atoms with Gasteiger partial charge in [0.2, 0.25) is 0 Å². The maximum atomic E-state index is 11.9. The molecule has 0 bridgehead atoms. The van der Waals surface area contributed by atoms with Crippen LogP contribution in [-0.2, 0) is 0 Å². The van der Waals surface area contributed by atoms with Crippen LogP contribution in [0.25, 0.3) is 0 Å². The largest absolute Gasteiger partial charge is 0.334 e. The van der Waals surface area contributed by atoms with Crippen molar-refractivity contribution in [2.24, 2.45) is 0 Å². The minimum Gasteiger partial charge on any atom is -0.334 e. The van der Waals surface area contributed by atoms with Crippen LogP contribution in [0.5, 0.6) is 0 Å². The van der Waals surface area contributed by atoms with Gasteiger partial charge in [-0.05, 0) is 39.3 Å². The molecule has 1 aromatic rings. The maximum Gasteiger partial charge on any atom is 0.252 e. The fourth-order valence-electron chi connectivity index (χ4n) is 1.45. The van der Waals surface area contributed by atoms with Crippen LogP contribution in [0, 0.1) is 25.2 Å². The van der Waals surface area contributed by atoms with Gasteiger partial charge in [-0.2, -0.15) is 5.26 Å². The van der Waals surface area contributed by atoms with Gasteiger partial charge in [0.25, 0.3) is 5.91 Å². The summed E-state index contributed by atoms with van der Waals surface area (Å²) in [5.41, 5.74) is 1.82. The van der Waals surface area contributed by atoms with Gasteiger partial charge in [-0.1, -0.05) is 17.7 Å². The van der Waals surface area contributed by atoms with E-state index < -0.39 is 5.54 Å². The van der Waals surface area contributed by atoms with Crippen LogP contribution in [0.2, 0.25) is 0 Å². The van der Waals surface area contributed by atoms with Gasteiger partial charge >= 0.3 is 0 Å². The highest BCUT2D eigenvalue weighted by atomic mass is 16.1. The summed E-state index contributed by atoms with van der Waals surface area (Å²) < 4.78 is 0. The minimum absolute atomic E-state index is 0.205. The summed E-state index contributed by atoms with van der Waals surface area (Å²) in [6.07, 6.45) is 0. The Balaban J connectivity index is 2.95. The first-order valence-electron chi connectivity index (χ1n) is 5.17. The van der Waals surface area contributed by atoms with E-state index in [2.05, 4.69) is 5.32 Å². The lowest BCUT2D eigenvalue weighted by atomic mass is 10.0. The van der Waals surface area contributed by atoms with Crippen LogP contribution in [0.1, 0.15) is 35.3 Å². The summed E-state index contributed by atoms with van der Waals surface area (Å²) in [7, 11) is 0. The molecule has 0 saturated heterocycles. The van der Waals surface area contributed by atoms with Gasteiger partial charge in [-0.3, -0.25) is 4.79 Å². The molecule has 0 saturated carbocycles. The SMILES string of the molecule is Cc1ccc(C(=O)NC(C)(C)C#N)c(C)c1. The minimum atomic E-state index is -0.839. The molecule has 0 aliphatic rings. The topological polar surface area (TPSA) is 52.9 Å². The second-order valence-corrected chi connectivity index (χ2v) is 4.51. The van der Waals surface area contributed by atoms with Crippen molar-refractivity contribution in [1.82, 2.24) is 5.32 Å². The fraction of sp³-hybridized carbons (Fsp3) is 0.385. The number of carbonyl (C=O) groups excluding carboxylic acids is 1. The third-order valence-corrected chi connectivity index (χ3v) is 2.33. The predicted molar refractivity (Wildman–Crippen MR) is 63.1 cm³/mol. The number of nitriles is 1. The molecule has 1 aromatic carbocycles. The first-order chi connectivity index (χ1) is 7.35. The van der Waals surface area contributed by atoms with Gasteiger partial charge in [-0.25, -0.2) is 0 Å². The zero-order valence-electron chi connectivity index (χ0n) is 10.1. The van der Waals surface area contributed by atoms with Gasteiger partial charge in [0.15, 0.2) is 0 Å². The summed E-state index contributed by atoms with van der Waals surface area (Å²) >= 11 is 0. The molecule has 0 atom stereocenters. The quantitative estimate of drug-likeness (QED) is 0.824. The normalized spacial score (nSPS) is 10.7. The predicted octanol–water partition coefficient (Wildman–Crippen LogP) is 2.34. The van der Waals surface area contributed by atoms with E-state index in [0.29, 0.717) is 5.56 Å². The lowest BCUT2D eigenvalue weighted by molar-refractivity contribution is 0.0928. The average Bonchev–Trinajstić information content (AvgIpc) is 2.16. The van der Waals surface area contributed by atoms with Crippen molar-refractivity contribution in [3.05, 3.63) is 34.9 Å². The van der Waals surface area contributed by atoms with Crippen LogP contribution in [-0.4, -0.2) is 11.4 Å². The number of nitrogens with one attached hydrogen (secondary N) is 1. The molecule has 1 rings (SSSR count). The molecule has 0 unspecified atom stereocenters. The fourth-order valence-corrected chi connectivity index (χ4v) is 1.45. The van der Waals surface area contributed by atoms with Crippen LogP contribution in [0.3, 0.4) is 0 Å². The number of rotatable bonds is 2. The van der Waals surface area contributed by atoms with Crippen LogP contribution >= 0.6 is 0 Å². The zero-order valence-corrected chi connectivity index (χ0v) is 10.1. The Morgan fingerprint density at radius 2 is 2.00 bits per heavy atom. The zero-order chi connectivity index (χ0) is 12.3. The number of hydrogen-bond donors (Lipinski definition) is 1. The first kappa shape index (κ1) is 12.3. The van der Waals surface area contributed by atoms with Crippen molar-refractivity contribution in [1.29, 1.82) is 5.26 Å². The highest BCUT2D eigenvalue weighted by Gasteiger charge is 2.20. The second kappa shape index (κ2) is 4.36. The molecule has 0 spiro atoms. The molecule has 1 amide bonds.